The summed E-state index contributed by atoms with van der Waals surface area (Å²) in [6.45, 7) is 0. The fourth-order valence-corrected chi connectivity index (χ4v) is 1.60. The van der Waals surface area contributed by atoms with Crippen LogP contribution in [0.1, 0.15) is 15.9 Å². The third kappa shape index (κ3) is 2.38. The van der Waals surface area contributed by atoms with Gasteiger partial charge < -0.3 is 0 Å². The summed E-state index contributed by atoms with van der Waals surface area (Å²) in [5.74, 6) is -0.159. The van der Waals surface area contributed by atoms with Crippen molar-refractivity contribution >= 4 is 29.0 Å². The van der Waals surface area contributed by atoms with Crippen molar-refractivity contribution in [3.63, 3.8) is 0 Å². The molecular weight excluding hydrogens is 247 g/mol. The number of halogens is 2. The minimum atomic E-state index is -0.159. The van der Waals surface area contributed by atoms with Crippen LogP contribution in [0.2, 0.25) is 10.3 Å². The molecule has 0 atom stereocenters. The van der Waals surface area contributed by atoms with Crippen LogP contribution in [0.4, 0.5) is 0 Å². The van der Waals surface area contributed by atoms with E-state index in [0.29, 0.717) is 11.1 Å². The van der Waals surface area contributed by atoms with E-state index in [1.54, 1.807) is 12.1 Å². The first-order valence-electron chi connectivity index (χ1n) is 4.44. The first kappa shape index (κ1) is 11.0. The number of hydrogen-bond acceptors (Lipinski definition) is 3. The lowest BCUT2D eigenvalue weighted by Crippen LogP contribution is -2.01. The number of nitrogens with zero attached hydrogens (tertiary/aromatic N) is 2. The second-order valence-electron chi connectivity index (χ2n) is 3.06. The Labute approximate surface area is 102 Å². The Hall–Kier alpha value is -1.45. The molecule has 0 bridgehead atoms. The molecule has 5 heteroatoms. The zero-order chi connectivity index (χ0) is 11.5. The number of hydrogen-bond donors (Lipinski definition) is 0. The van der Waals surface area contributed by atoms with Gasteiger partial charge in [0.25, 0.3) is 0 Å². The lowest BCUT2D eigenvalue weighted by molar-refractivity contribution is 0.103. The zero-order valence-electron chi connectivity index (χ0n) is 8.02. The third-order valence-corrected chi connectivity index (χ3v) is 2.39. The Kier molecular flexibility index (Phi) is 3.17. The summed E-state index contributed by atoms with van der Waals surface area (Å²) < 4.78 is 0. The number of carbonyl (C=O) groups excluding carboxylic acids is 1. The quantitative estimate of drug-likeness (QED) is 0.610. The van der Waals surface area contributed by atoms with Crippen LogP contribution in [-0.2, 0) is 0 Å². The molecule has 0 aliphatic heterocycles. The fourth-order valence-electron chi connectivity index (χ4n) is 1.25. The van der Waals surface area contributed by atoms with Gasteiger partial charge >= 0.3 is 0 Å². The van der Waals surface area contributed by atoms with E-state index in [1.807, 2.05) is 0 Å². The van der Waals surface area contributed by atoms with Gasteiger partial charge in [-0.2, -0.15) is 0 Å². The van der Waals surface area contributed by atoms with Gasteiger partial charge in [0.15, 0.2) is 5.78 Å². The molecule has 0 saturated heterocycles. The lowest BCUT2D eigenvalue weighted by Gasteiger charge is -2.01. The maximum atomic E-state index is 12.0. The Balaban J connectivity index is 2.39. The Morgan fingerprint density at radius 3 is 1.75 bits per heavy atom. The van der Waals surface area contributed by atoms with Gasteiger partial charge in [-0.15, -0.1) is 0 Å². The van der Waals surface area contributed by atoms with Gasteiger partial charge in [-0.25, -0.2) is 9.97 Å². The number of pyridine rings is 2. The van der Waals surface area contributed by atoms with Crippen molar-refractivity contribution in [3.05, 3.63) is 58.1 Å². The number of carbonyl (C=O) groups is 1. The minimum absolute atomic E-state index is 0.159. The molecule has 0 aliphatic carbocycles. The van der Waals surface area contributed by atoms with E-state index in [-0.39, 0.29) is 16.1 Å². The fraction of sp³-hybridized carbons (Fsp3) is 0. The second-order valence-corrected chi connectivity index (χ2v) is 3.84. The molecule has 80 valence electrons. The maximum absolute atomic E-state index is 12.0. The summed E-state index contributed by atoms with van der Waals surface area (Å²) in [5, 5.41) is 0.567. The van der Waals surface area contributed by atoms with Crippen molar-refractivity contribution in [2.45, 2.75) is 0 Å². The lowest BCUT2D eigenvalue weighted by atomic mass is 10.1. The Morgan fingerprint density at radius 1 is 0.938 bits per heavy atom. The molecule has 0 radical (unpaired) electrons. The molecule has 0 spiro atoms. The van der Waals surface area contributed by atoms with Gasteiger partial charge in [-0.3, -0.25) is 4.79 Å². The topological polar surface area (TPSA) is 42.9 Å². The summed E-state index contributed by atoms with van der Waals surface area (Å²) in [4.78, 5) is 19.6. The van der Waals surface area contributed by atoms with Gasteiger partial charge in [0, 0.05) is 23.5 Å². The average molecular weight is 253 g/mol. The Morgan fingerprint density at radius 2 is 1.38 bits per heavy atom. The number of ketones is 1. The number of rotatable bonds is 2. The van der Waals surface area contributed by atoms with Crippen LogP contribution >= 0.6 is 23.2 Å². The van der Waals surface area contributed by atoms with Gasteiger partial charge in [0.1, 0.15) is 10.3 Å². The van der Waals surface area contributed by atoms with Crippen LogP contribution in [0, 0.1) is 0 Å². The molecule has 2 heterocycles. The van der Waals surface area contributed by atoms with Crippen LogP contribution in [-0.4, -0.2) is 15.8 Å². The summed E-state index contributed by atoms with van der Waals surface area (Å²) in [5.41, 5.74) is 0.949. The van der Waals surface area contributed by atoms with Gasteiger partial charge in [0.2, 0.25) is 0 Å². The molecule has 0 aliphatic rings. The van der Waals surface area contributed by atoms with Crippen LogP contribution < -0.4 is 0 Å². The van der Waals surface area contributed by atoms with Crippen molar-refractivity contribution in [2.75, 3.05) is 0 Å². The minimum Gasteiger partial charge on any atom is -0.289 e. The summed E-state index contributed by atoms with van der Waals surface area (Å²) in [6, 6.07) is 6.22. The predicted octanol–water partition coefficient (Wildman–Crippen LogP) is 3.01. The molecule has 0 fully saturated rings. The van der Waals surface area contributed by atoms with Crippen LogP contribution in [0.3, 0.4) is 0 Å². The molecular formula is C11H6Cl2N2O. The predicted molar refractivity (Wildman–Crippen MR) is 61.9 cm³/mol. The van der Waals surface area contributed by atoms with E-state index < -0.39 is 0 Å². The maximum Gasteiger partial charge on any atom is 0.193 e. The van der Waals surface area contributed by atoms with E-state index in [9.17, 15) is 4.79 Å². The smallest absolute Gasteiger partial charge is 0.193 e. The third-order valence-electron chi connectivity index (χ3n) is 1.98. The normalized spacial score (nSPS) is 10.1. The van der Waals surface area contributed by atoms with E-state index >= 15 is 0 Å². The molecule has 0 amide bonds. The van der Waals surface area contributed by atoms with Crippen molar-refractivity contribution in [3.8, 4) is 0 Å². The highest BCUT2D eigenvalue weighted by Gasteiger charge is 2.10. The van der Waals surface area contributed by atoms with E-state index in [2.05, 4.69) is 9.97 Å². The SMILES string of the molecule is O=C(c1ccnc(Cl)c1)c1ccnc(Cl)c1. The highest BCUT2D eigenvalue weighted by atomic mass is 35.5. The van der Waals surface area contributed by atoms with Gasteiger partial charge in [0.05, 0.1) is 0 Å². The average Bonchev–Trinajstić information content (AvgIpc) is 2.28. The van der Waals surface area contributed by atoms with Crippen molar-refractivity contribution < 1.29 is 4.79 Å². The van der Waals surface area contributed by atoms with Crippen molar-refractivity contribution in [2.24, 2.45) is 0 Å². The van der Waals surface area contributed by atoms with Crippen LogP contribution in [0.25, 0.3) is 0 Å². The molecule has 0 aromatic carbocycles. The highest BCUT2D eigenvalue weighted by Crippen LogP contribution is 2.14. The van der Waals surface area contributed by atoms with Crippen molar-refractivity contribution in [1.29, 1.82) is 0 Å². The van der Waals surface area contributed by atoms with Crippen LogP contribution in [0.5, 0.6) is 0 Å². The standard InChI is InChI=1S/C11H6Cl2N2O/c12-9-5-7(1-3-14-9)11(16)8-2-4-15-10(13)6-8/h1-6H. The van der Waals surface area contributed by atoms with Gasteiger partial charge in [-0.05, 0) is 24.3 Å². The number of aromatic nitrogens is 2. The zero-order valence-corrected chi connectivity index (χ0v) is 9.53. The first-order valence-corrected chi connectivity index (χ1v) is 5.20. The van der Waals surface area contributed by atoms with Crippen LogP contribution in [0.15, 0.2) is 36.7 Å². The van der Waals surface area contributed by atoms with E-state index in [0.717, 1.165) is 0 Å². The summed E-state index contributed by atoms with van der Waals surface area (Å²) in [6.07, 6.45) is 2.97. The highest BCUT2D eigenvalue weighted by molar-refractivity contribution is 6.30. The molecule has 2 rings (SSSR count). The van der Waals surface area contributed by atoms with Crippen molar-refractivity contribution in [1.82, 2.24) is 9.97 Å². The molecule has 2 aromatic rings. The molecule has 0 unspecified atom stereocenters. The van der Waals surface area contributed by atoms with Gasteiger partial charge in [-0.1, -0.05) is 23.2 Å². The summed E-state index contributed by atoms with van der Waals surface area (Å²) in [7, 11) is 0. The summed E-state index contributed by atoms with van der Waals surface area (Å²) >= 11 is 11.4. The first-order chi connectivity index (χ1) is 7.66. The Bertz CT molecular complexity index is 496. The second kappa shape index (κ2) is 4.60. The molecule has 0 N–H and O–H groups in total. The van der Waals surface area contributed by atoms with E-state index in [1.165, 1.54) is 24.5 Å². The molecule has 2 aromatic heterocycles. The molecule has 3 nitrogen and oxygen atoms in total. The molecule has 0 saturated carbocycles. The molecule has 16 heavy (non-hydrogen) atoms. The van der Waals surface area contributed by atoms with E-state index in [4.69, 9.17) is 23.2 Å². The monoisotopic (exact) mass is 252 g/mol. The largest absolute Gasteiger partial charge is 0.289 e.